The molecule has 78 heavy (non-hydrogen) atoms. The summed E-state index contributed by atoms with van der Waals surface area (Å²) in [4.78, 5) is 102. The van der Waals surface area contributed by atoms with Crippen LogP contribution in [0.2, 0.25) is 0 Å². The molecule has 3 aliphatic rings. The average molecular weight is 1190 g/mol. The van der Waals surface area contributed by atoms with Crippen molar-refractivity contribution in [2.75, 3.05) is 51.6 Å². The normalized spacial score (nSPS) is 29.7. The van der Waals surface area contributed by atoms with Crippen LogP contribution in [-0.4, -0.2) is 163 Å². The van der Waals surface area contributed by atoms with E-state index < -0.39 is 141 Å². The number of methoxy groups -OCH3 is 1. The molecule has 16 atom stereocenters. The highest BCUT2D eigenvalue weighted by Gasteiger charge is 2.53. The Morgan fingerprint density at radius 2 is 1.50 bits per heavy atom. The Morgan fingerprint density at radius 1 is 0.821 bits per heavy atom. The maximum absolute atomic E-state index is 13.5. The van der Waals surface area contributed by atoms with Gasteiger partial charge in [-0.05, 0) is 12.8 Å². The fourth-order valence-electron chi connectivity index (χ4n) is 8.79. The van der Waals surface area contributed by atoms with Crippen LogP contribution in [-0.2, 0) is 75.7 Å². The number of aliphatic hydroxyl groups is 3. The number of phosphoric ester groups is 3. The lowest BCUT2D eigenvalue weighted by Crippen LogP contribution is -2.45. The molecule has 4 unspecified atom stereocenters. The van der Waals surface area contributed by atoms with Crippen molar-refractivity contribution in [3.05, 3.63) is 62.4 Å². The number of fused-ring (bicyclic) bond motifs is 2. The van der Waals surface area contributed by atoms with Gasteiger partial charge in [-0.25, -0.2) is 38.0 Å². The molecule has 3 fully saturated rings. The molecule has 5 aromatic heterocycles. The Balaban J connectivity index is 0.943. The number of aryl methyl sites for hydroxylation is 1. The van der Waals surface area contributed by atoms with E-state index in [1.54, 1.807) is 0 Å². The van der Waals surface area contributed by atoms with Gasteiger partial charge in [-0.2, -0.15) is 8.62 Å². The fourth-order valence-corrected chi connectivity index (χ4v) is 13.3. The van der Waals surface area contributed by atoms with E-state index in [-0.39, 0.29) is 47.1 Å². The molecular formula is C37H54N12O25P4. The van der Waals surface area contributed by atoms with Crippen molar-refractivity contribution in [3.8, 4) is 0 Å². The van der Waals surface area contributed by atoms with Gasteiger partial charge in [0.2, 0.25) is 11.7 Å². The molecule has 0 amide bonds. The molecule has 12 N–H and O–H groups in total. The van der Waals surface area contributed by atoms with Crippen molar-refractivity contribution < 1.29 is 108 Å². The number of hydrogen-bond donors (Lipinski definition) is 10. The smallest absolute Gasteiger partial charge is 0.490 e. The zero-order valence-electron chi connectivity index (χ0n) is 40.9. The number of imidazole rings is 2. The first kappa shape index (κ1) is 59.5. The van der Waals surface area contributed by atoms with Crippen molar-refractivity contribution in [3.63, 3.8) is 0 Å². The Hall–Kier alpha value is -4.62. The molecule has 8 rings (SSSR count). The SMILES string of the molecule is CCCCOCC[C@H]1[C@@H](O)[C@H]([n+]2cn(C)c3c(=O)[nH]c(N)nc32)O[C@@H]1COP(=O)(O)OP(=O)(O)OP(=O)(O)OC[C@H]1O[C@@H](n2cnc3c(N)ncnc32)[C@H](OC)[C@@H]1OP(=O)([O-])OC[C@H]1O[C@@H](n2ccc(=O)[nH]c2=O)[C@H](O)[C@@H]1O. The van der Waals surface area contributed by atoms with Crippen molar-refractivity contribution >= 4 is 65.4 Å². The van der Waals surface area contributed by atoms with Crippen LogP contribution in [0, 0.1) is 5.92 Å². The highest BCUT2D eigenvalue weighted by atomic mass is 31.3. The number of nitrogens with two attached hydrogens (primary N) is 2. The molecule has 5 aromatic rings. The van der Waals surface area contributed by atoms with Crippen LogP contribution in [0.3, 0.4) is 0 Å². The number of hydrogen-bond acceptors (Lipinski definition) is 28. The summed E-state index contributed by atoms with van der Waals surface area (Å²) in [5.41, 5.74) is 9.35. The van der Waals surface area contributed by atoms with Crippen molar-refractivity contribution in [2.24, 2.45) is 13.0 Å². The third-order valence-electron chi connectivity index (χ3n) is 12.4. The lowest BCUT2D eigenvalue weighted by Gasteiger charge is -2.31. The Bertz CT molecular complexity index is 3340. The second-order valence-corrected chi connectivity index (χ2v) is 23.6. The molecule has 37 nitrogen and oxygen atoms in total. The quantitative estimate of drug-likeness (QED) is 0.0158. The molecule has 432 valence electrons. The molecule has 3 saturated heterocycles. The average Bonchev–Trinajstić information content (AvgIpc) is 4.24. The number of phosphoric acid groups is 4. The molecule has 8 heterocycles. The predicted molar refractivity (Wildman–Crippen MR) is 253 cm³/mol. The Kier molecular flexibility index (Phi) is 18.2. The lowest BCUT2D eigenvalue weighted by atomic mass is 9.95. The highest BCUT2D eigenvalue weighted by molar-refractivity contribution is 7.66. The second-order valence-electron chi connectivity index (χ2n) is 17.6. The molecular weight excluding hydrogens is 1140 g/mol. The highest BCUT2D eigenvalue weighted by Crippen LogP contribution is 2.68. The van der Waals surface area contributed by atoms with Gasteiger partial charge in [-0.15, -0.1) is 0 Å². The first-order valence-electron chi connectivity index (χ1n) is 23.2. The summed E-state index contributed by atoms with van der Waals surface area (Å²) < 4.78 is 115. The monoisotopic (exact) mass is 1190 g/mol. The standard InChI is InChI=1S/C37H54N12O25P4/c1-4-5-9-65-10-7-17-18(69-33(24(17)51)49-16-46(2)23-31(49)44-36(39)45-32(23)54)11-67-76(58,59)73-78(62,63)74-77(60,61)68-13-20-27(28(64-3)35(71-20)48-15-42-22-29(38)40-14-41-30(22)48)72-75(56,57)66-12-19-25(52)26(53)34(70-19)47-8-6-21(50)43-37(47)55/h6,8,14-20,24-28,33-35,51-53H,4-5,7,9-13H2,1-3H3,(H9-,38,39,40,41,43,44,45,50,54,55,56,57,58,59,60,61,62,63)/t17-,18-,19-,20-,24-,25-,26-,27-,28-,33-,34-,35-/m1/s1. The first-order valence-corrected chi connectivity index (χ1v) is 29.1. The van der Waals surface area contributed by atoms with E-state index in [0.717, 1.165) is 49.4 Å². The summed E-state index contributed by atoms with van der Waals surface area (Å²) in [6.45, 7) is -0.911. The molecule has 0 saturated carbocycles. The number of nitrogens with one attached hydrogen (secondary N) is 2. The van der Waals surface area contributed by atoms with Gasteiger partial charge in [0.1, 0.15) is 54.6 Å². The molecule has 0 radical (unpaired) electrons. The third kappa shape index (κ3) is 13.2. The lowest BCUT2D eigenvalue weighted by molar-refractivity contribution is -0.745. The van der Waals surface area contributed by atoms with Crippen LogP contribution < -0.4 is 37.7 Å². The summed E-state index contributed by atoms with van der Waals surface area (Å²) in [6.07, 6.45) is -11.9. The van der Waals surface area contributed by atoms with Gasteiger partial charge >= 0.3 is 34.8 Å². The summed E-state index contributed by atoms with van der Waals surface area (Å²) in [5, 5.41) is 32.8. The van der Waals surface area contributed by atoms with Crippen LogP contribution in [0.25, 0.3) is 22.3 Å². The first-order chi connectivity index (χ1) is 36.7. The van der Waals surface area contributed by atoms with Crippen LogP contribution in [0.5, 0.6) is 0 Å². The molecule has 3 aliphatic heterocycles. The maximum atomic E-state index is 13.5. The predicted octanol–water partition coefficient (Wildman–Crippen LogP) is -3.05. The Labute approximate surface area is 436 Å². The number of aromatic nitrogens is 10. The van der Waals surface area contributed by atoms with Crippen LogP contribution in [0.15, 0.2) is 45.6 Å². The largest absolute Gasteiger partial charge is 0.756 e. The van der Waals surface area contributed by atoms with E-state index in [1.807, 2.05) is 11.9 Å². The van der Waals surface area contributed by atoms with E-state index >= 15 is 0 Å². The number of unbranched alkanes of at least 4 members (excludes halogenated alkanes) is 1. The van der Waals surface area contributed by atoms with Gasteiger partial charge in [0.15, 0.2) is 30.2 Å². The van der Waals surface area contributed by atoms with Crippen LogP contribution >= 0.6 is 31.3 Å². The van der Waals surface area contributed by atoms with E-state index in [2.05, 4.69) is 33.5 Å². The van der Waals surface area contributed by atoms with Gasteiger partial charge in [0.25, 0.3) is 24.9 Å². The molecule has 0 bridgehead atoms. The fraction of sp³-hybridized carbons (Fsp3) is 0.622. The van der Waals surface area contributed by atoms with Crippen LogP contribution in [0.4, 0.5) is 11.8 Å². The van der Waals surface area contributed by atoms with Gasteiger partial charge in [-0.3, -0.25) is 46.9 Å². The summed E-state index contributed by atoms with van der Waals surface area (Å²) in [6, 6.07) is 0.918. The Morgan fingerprint density at radius 3 is 2.18 bits per heavy atom. The zero-order chi connectivity index (χ0) is 56.6. The van der Waals surface area contributed by atoms with Gasteiger partial charge in [-0.1, -0.05) is 18.3 Å². The minimum Gasteiger partial charge on any atom is -0.756 e. The number of ether oxygens (including phenoxy) is 5. The number of nitrogens with zero attached hydrogens (tertiary/aromatic N) is 8. The number of aliphatic hydroxyl groups excluding tert-OH is 3. The molecule has 0 aliphatic carbocycles. The van der Waals surface area contributed by atoms with E-state index in [0.29, 0.717) is 6.61 Å². The van der Waals surface area contributed by atoms with Gasteiger partial charge < -0.3 is 79.1 Å². The van der Waals surface area contributed by atoms with Crippen molar-refractivity contribution in [2.45, 2.75) is 93.7 Å². The number of aromatic amines is 2. The molecule has 41 heteroatoms. The van der Waals surface area contributed by atoms with Gasteiger partial charge in [0.05, 0.1) is 39.3 Å². The van der Waals surface area contributed by atoms with Crippen LogP contribution in [0.1, 0.15) is 44.9 Å². The van der Waals surface area contributed by atoms with E-state index in [1.165, 1.54) is 27.1 Å². The minimum atomic E-state index is -6.20. The summed E-state index contributed by atoms with van der Waals surface area (Å²) in [5.74, 6) is -1.29. The van der Waals surface area contributed by atoms with E-state index in [4.69, 9.17) is 53.2 Å². The number of nitrogen functional groups attached to an aromatic ring is 2. The van der Waals surface area contributed by atoms with Crippen molar-refractivity contribution in [1.29, 1.82) is 0 Å². The van der Waals surface area contributed by atoms with Gasteiger partial charge in [0, 0.05) is 38.5 Å². The maximum Gasteiger partial charge on any atom is 0.490 e. The number of anilines is 2. The summed E-state index contributed by atoms with van der Waals surface area (Å²) >= 11 is 0. The number of H-pyrrole nitrogens is 2. The minimum absolute atomic E-state index is 0.00413. The van der Waals surface area contributed by atoms with Crippen molar-refractivity contribution in [1.82, 2.24) is 43.6 Å². The topological polar surface area (TPSA) is 519 Å². The third-order valence-corrected chi connectivity index (χ3v) is 17.6. The molecule has 0 aromatic carbocycles. The number of rotatable bonds is 25. The summed E-state index contributed by atoms with van der Waals surface area (Å²) in [7, 11) is -21.1. The second kappa shape index (κ2) is 23.8. The zero-order valence-corrected chi connectivity index (χ0v) is 44.5. The molecule has 0 spiro atoms. The van der Waals surface area contributed by atoms with E-state index in [9.17, 15) is 67.5 Å².